The van der Waals surface area contributed by atoms with Crippen molar-refractivity contribution in [3.63, 3.8) is 0 Å². The maximum absolute atomic E-state index is 13.9. The van der Waals surface area contributed by atoms with Gasteiger partial charge in [0.25, 0.3) is 11.1 Å². The summed E-state index contributed by atoms with van der Waals surface area (Å²) in [5.74, 6) is -4.15. The number of aromatic amines is 2. The van der Waals surface area contributed by atoms with E-state index >= 15 is 0 Å². The lowest BCUT2D eigenvalue weighted by Gasteiger charge is -2.26. The summed E-state index contributed by atoms with van der Waals surface area (Å²) < 4.78 is 10.6. The molecule has 4 N–H and O–H groups in total. The summed E-state index contributed by atoms with van der Waals surface area (Å²) in [5, 5.41) is 23.6. The Labute approximate surface area is 254 Å². The molecule has 0 aliphatic carbocycles. The Bertz CT molecular complexity index is 1560. The van der Waals surface area contributed by atoms with Crippen molar-refractivity contribution in [3.8, 4) is 11.5 Å². The summed E-state index contributed by atoms with van der Waals surface area (Å²) in [6.07, 6.45) is 3.34. The number of pyridine rings is 2. The number of aromatic nitrogens is 2. The van der Waals surface area contributed by atoms with Gasteiger partial charge in [0.15, 0.2) is 0 Å². The number of nitrogens with zero attached hydrogens (tertiary/aromatic N) is 2. The molecule has 5 rings (SSSR count). The Kier molecular flexibility index (Phi) is 8.98. The minimum atomic E-state index is -1.38. The van der Waals surface area contributed by atoms with E-state index in [0.29, 0.717) is 31.7 Å². The zero-order valence-corrected chi connectivity index (χ0v) is 25.2. The molecule has 0 spiro atoms. The van der Waals surface area contributed by atoms with Gasteiger partial charge in [-0.3, -0.25) is 9.59 Å². The fraction of sp³-hybridized carbons (Fsp3) is 0.438. The number of anilines is 2. The van der Waals surface area contributed by atoms with Crippen LogP contribution in [0.4, 0.5) is 11.6 Å². The lowest BCUT2D eigenvalue weighted by Crippen LogP contribution is -2.32. The summed E-state index contributed by atoms with van der Waals surface area (Å²) in [5.41, 5.74) is -1.44. The summed E-state index contributed by atoms with van der Waals surface area (Å²) in [7, 11) is 0. The highest BCUT2D eigenvalue weighted by atomic mass is 16.5. The van der Waals surface area contributed by atoms with Crippen LogP contribution >= 0.6 is 0 Å². The predicted molar refractivity (Wildman–Crippen MR) is 164 cm³/mol. The first-order valence-corrected chi connectivity index (χ1v) is 15.1. The van der Waals surface area contributed by atoms with Gasteiger partial charge in [0.1, 0.15) is 34.3 Å². The second-order valence-corrected chi connectivity index (χ2v) is 11.1. The number of ether oxygens (including phenoxy) is 2. The number of H-pyrrole nitrogens is 2. The molecule has 1 aromatic carbocycles. The van der Waals surface area contributed by atoms with Crippen molar-refractivity contribution >= 4 is 23.6 Å². The molecule has 3 aromatic rings. The molecule has 234 valence electrons. The molecule has 2 aliphatic rings. The van der Waals surface area contributed by atoms with Crippen LogP contribution in [0.25, 0.3) is 0 Å². The van der Waals surface area contributed by atoms with E-state index in [2.05, 4.69) is 9.97 Å². The number of esters is 2. The Morgan fingerprint density at radius 3 is 1.50 bits per heavy atom. The van der Waals surface area contributed by atoms with Crippen molar-refractivity contribution in [1.29, 1.82) is 0 Å². The maximum atomic E-state index is 13.9. The molecule has 0 amide bonds. The number of hydrogen-bond donors (Lipinski definition) is 4. The van der Waals surface area contributed by atoms with Crippen LogP contribution in [0.5, 0.6) is 11.5 Å². The smallest absolute Gasteiger partial charge is 0.345 e. The van der Waals surface area contributed by atoms with Crippen LogP contribution in [0, 0.1) is 6.92 Å². The Hall–Kier alpha value is -4.74. The average molecular weight is 607 g/mol. The van der Waals surface area contributed by atoms with Gasteiger partial charge in [-0.05, 0) is 52.0 Å². The van der Waals surface area contributed by atoms with E-state index in [9.17, 15) is 29.4 Å². The van der Waals surface area contributed by atoms with Gasteiger partial charge in [-0.2, -0.15) is 0 Å². The van der Waals surface area contributed by atoms with Crippen molar-refractivity contribution in [3.05, 3.63) is 78.4 Å². The number of carbonyl (C=O) groups is 2. The minimum absolute atomic E-state index is 0.0227. The fourth-order valence-electron chi connectivity index (χ4n) is 6.10. The van der Waals surface area contributed by atoms with Crippen LogP contribution < -0.4 is 20.9 Å². The zero-order chi connectivity index (χ0) is 31.5. The normalized spacial score (nSPS) is 14.8. The molecule has 0 atom stereocenters. The second-order valence-electron chi connectivity index (χ2n) is 11.1. The lowest BCUT2D eigenvalue weighted by atomic mass is 9.83. The number of rotatable bonds is 9. The fourth-order valence-corrected chi connectivity index (χ4v) is 6.10. The van der Waals surface area contributed by atoms with Crippen molar-refractivity contribution in [2.75, 3.05) is 49.2 Å². The first kappa shape index (κ1) is 30.7. The third kappa shape index (κ3) is 5.63. The Morgan fingerprint density at radius 1 is 0.750 bits per heavy atom. The highest BCUT2D eigenvalue weighted by Crippen LogP contribution is 2.43. The van der Waals surface area contributed by atoms with Gasteiger partial charge in [0.2, 0.25) is 0 Å². The summed E-state index contributed by atoms with van der Waals surface area (Å²) in [6.45, 7) is 7.40. The van der Waals surface area contributed by atoms with E-state index < -0.39 is 40.5 Å². The van der Waals surface area contributed by atoms with Crippen molar-refractivity contribution in [2.45, 2.75) is 52.4 Å². The second kappa shape index (κ2) is 12.9. The van der Waals surface area contributed by atoms with E-state index in [1.165, 1.54) is 0 Å². The molecule has 0 bridgehead atoms. The standard InChI is InChI=1S/C32H38N4O8/c1-4-43-31(41)23-25(37)21(29(39)33-27(23)35-14-6-7-15-35)20(19-12-10-18(3)11-13-19)22-26(38)24(32(42)44-5-2)28(34-30(22)40)36-16-8-9-17-36/h10-13,20H,4-9,14-17H2,1-3H3,(H2,33,37,39)(H2,34,38,40). The first-order chi connectivity index (χ1) is 21.2. The van der Waals surface area contributed by atoms with Crippen LogP contribution in [0.15, 0.2) is 33.9 Å². The molecular weight excluding hydrogens is 568 g/mol. The summed E-state index contributed by atoms with van der Waals surface area (Å²) in [4.78, 5) is 63.5. The van der Waals surface area contributed by atoms with Crippen molar-refractivity contribution in [1.82, 2.24) is 9.97 Å². The van der Waals surface area contributed by atoms with Gasteiger partial charge in [0.05, 0.1) is 30.3 Å². The van der Waals surface area contributed by atoms with E-state index in [0.717, 1.165) is 31.2 Å². The molecule has 2 aliphatic heterocycles. The zero-order valence-electron chi connectivity index (χ0n) is 25.2. The Morgan fingerprint density at radius 2 is 1.14 bits per heavy atom. The highest BCUT2D eigenvalue weighted by molar-refractivity contribution is 5.99. The average Bonchev–Trinajstić information content (AvgIpc) is 3.72. The first-order valence-electron chi connectivity index (χ1n) is 15.1. The third-order valence-electron chi connectivity index (χ3n) is 8.20. The van der Waals surface area contributed by atoms with Crippen molar-refractivity contribution < 1.29 is 29.3 Å². The number of hydrogen-bond acceptors (Lipinski definition) is 10. The van der Waals surface area contributed by atoms with E-state index in [1.807, 2.05) is 6.92 Å². The number of aromatic hydroxyl groups is 2. The van der Waals surface area contributed by atoms with Crippen molar-refractivity contribution in [2.24, 2.45) is 0 Å². The number of benzene rings is 1. The van der Waals surface area contributed by atoms with Crippen LogP contribution in [0.2, 0.25) is 0 Å². The quantitative estimate of drug-likeness (QED) is 0.265. The van der Waals surface area contributed by atoms with Crippen LogP contribution in [0.3, 0.4) is 0 Å². The van der Waals surface area contributed by atoms with Gasteiger partial charge in [-0.15, -0.1) is 0 Å². The molecule has 0 saturated carbocycles. The molecule has 0 radical (unpaired) electrons. The molecule has 12 nitrogen and oxygen atoms in total. The van der Waals surface area contributed by atoms with E-state index in [1.54, 1.807) is 47.9 Å². The molecule has 0 unspecified atom stereocenters. The van der Waals surface area contributed by atoms with Crippen LogP contribution in [-0.2, 0) is 9.47 Å². The van der Waals surface area contributed by atoms with Crippen LogP contribution in [-0.4, -0.2) is 71.5 Å². The summed E-state index contributed by atoms with van der Waals surface area (Å²) in [6, 6.07) is 6.84. The third-order valence-corrected chi connectivity index (χ3v) is 8.20. The highest BCUT2D eigenvalue weighted by Gasteiger charge is 2.37. The van der Waals surface area contributed by atoms with Crippen LogP contribution in [0.1, 0.15) is 88.4 Å². The number of nitrogens with one attached hydrogen (secondary N) is 2. The van der Waals surface area contributed by atoms with Gasteiger partial charge >= 0.3 is 11.9 Å². The van der Waals surface area contributed by atoms with Gasteiger partial charge in [-0.25, -0.2) is 9.59 Å². The van der Waals surface area contributed by atoms with E-state index in [4.69, 9.17) is 9.47 Å². The summed E-state index contributed by atoms with van der Waals surface area (Å²) >= 11 is 0. The number of aryl methyl sites for hydroxylation is 1. The molecule has 12 heteroatoms. The largest absolute Gasteiger partial charge is 0.506 e. The number of carbonyl (C=O) groups excluding carboxylic acids is 2. The van der Waals surface area contributed by atoms with E-state index in [-0.39, 0.29) is 47.1 Å². The monoisotopic (exact) mass is 606 g/mol. The molecule has 4 heterocycles. The molecular formula is C32H38N4O8. The predicted octanol–water partition coefficient (Wildman–Crippen LogP) is 3.52. The minimum Gasteiger partial charge on any atom is -0.506 e. The molecule has 2 saturated heterocycles. The SMILES string of the molecule is CCOC(=O)c1c(N2CCCC2)[nH]c(=O)c(C(c2ccc(C)cc2)c2c(O)c(C(=O)OCC)c(N3CCCC3)[nH]c2=O)c1O. The molecule has 2 aromatic heterocycles. The van der Waals surface area contributed by atoms with Gasteiger partial charge in [-0.1, -0.05) is 29.8 Å². The Balaban J connectivity index is 1.83. The van der Waals surface area contributed by atoms with Gasteiger partial charge in [0, 0.05) is 26.2 Å². The van der Waals surface area contributed by atoms with Gasteiger partial charge < -0.3 is 39.5 Å². The molecule has 2 fully saturated rings. The molecule has 44 heavy (non-hydrogen) atoms. The maximum Gasteiger partial charge on any atom is 0.345 e. The topological polar surface area (TPSA) is 165 Å². The lowest BCUT2D eigenvalue weighted by molar-refractivity contribution is 0.0513.